The Balaban J connectivity index is 2.18. The van der Waals surface area contributed by atoms with E-state index in [0.29, 0.717) is 10.7 Å². The Bertz CT molecular complexity index is 958. The first-order valence-electron chi connectivity index (χ1n) is 8.59. The summed E-state index contributed by atoms with van der Waals surface area (Å²) in [6.45, 7) is 7.43. The molecule has 5 nitrogen and oxygen atoms in total. The van der Waals surface area contributed by atoms with Crippen LogP contribution in [0.5, 0.6) is 0 Å². The summed E-state index contributed by atoms with van der Waals surface area (Å²) in [5.74, 6) is -0.386. The molecule has 0 aliphatic rings. The number of sulfonamides is 1. The van der Waals surface area contributed by atoms with E-state index in [-0.39, 0.29) is 18.5 Å². The van der Waals surface area contributed by atoms with Crippen molar-refractivity contribution >= 4 is 33.2 Å². The molecule has 1 atom stereocenters. The minimum Gasteiger partial charge on any atom is -0.348 e. The van der Waals surface area contributed by atoms with Crippen molar-refractivity contribution in [3.63, 3.8) is 0 Å². The summed E-state index contributed by atoms with van der Waals surface area (Å²) in [7, 11) is -3.64. The van der Waals surface area contributed by atoms with Crippen LogP contribution in [0.15, 0.2) is 36.4 Å². The van der Waals surface area contributed by atoms with Crippen LogP contribution >= 0.6 is 11.6 Å². The van der Waals surface area contributed by atoms with Gasteiger partial charge in [-0.2, -0.15) is 0 Å². The lowest BCUT2D eigenvalue weighted by atomic mass is 10.0. The van der Waals surface area contributed by atoms with Gasteiger partial charge in [-0.05, 0) is 62.1 Å². The van der Waals surface area contributed by atoms with E-state index in [0.717, 1.165) is 27.3 Å². The second kappa shape index (κ2) is 8.31. The Morgan fingerprint density at radius 3 is 2.26 bits per heavy atom. The number of carbonyl (C=O) groups excluding carboxylic acids is 1. The van der Waals surface area contributed by atoms with Crippen molar-refractivity contribution in [2.45, 2.75) is 33.7 Å². The number of anilines is 1. The zero-order valence-electron chi connectivity index (χ0n) is 16.2. The van der Waals surface area contributed by atoms with Crippen molar-refractivity contribution in [1.82, 2.24) is 5.32 Å². The van der Waals surface area contributed by atoms with Crippen LogP contribution in [0.4, 0.5) is 5.69 Å². The standard InChI is InChI=1S/C20H25ClN2O3S/c1-13-6-8-17(10-15(13)3)16(4)22-20(24)12-23(27(5,25)26)18-9-7-14(2)19(21)11-18/h6-11,16H,12H2,1-5H3,(H,22,24)/t16-/m0/s1. The number of nitrogens with one attached hydrogen (secondary N) is 1. The second-order valence-electron chi connectivity index (χ2n) is 6.84. The fraction of sp³-hybridized carbons (Fsp3) is 0.350. The molecule has 1 N–H and O–H groups in total. The first-order valence-corrected chi connectivity index (χ1v) is 10.8. The van der Waals surface area contributed by atoms with Crippen molar-refractivity contribution in [1.29, 1.82) is 0 Å². The third-order valence-corrected chi connectivity index (χ3v) is 6.09. The first-order chi connectivity index (χ1) is 12.5. The average molecular weight is 409 g/mol. The summed E-state index contributed by atoms with van der Waals surface area (Å²) in [5.41, 5.74) is 4.48. The van der Waals surface area contributed by atoms with Gasteiger partial charge in [0.05, 0.1) is 18.0 Å². The molecule has 0 aliphatic heterocycles. The quantitative estimate of drug-likeness (QED) is 0.787. The van der Waals surface area contributed by atoms with Crippen molar-refractivity contribution in [3.05, 3.63) is 63.7 Å². The number of hydrogen-bond donors (Lipinski definition) is 1. The van der Waals surface area contributed by atoms with Crippen molar-refractivity contribution < 1.29 is 13.2 Å². The van der Waals surface area contributed by atoms with Crippen molar-refractivity contribution in [3.8, 4) is 0 Å². The number of aryl methyl sites for hydroxylation is 3. The van der Waals surface area contributed by atoms with Crippen LogP contribution in [-0.2, 0) is 14.8 Å². The van der Waals surface area contributed by atoms with Crippen LogP contribution in [-0.4, -0.2) is 27.1 Å². The molecular weight excluding hydrogens is 384 g/mol. The van der Waals surface area contributed by atoms with Gasteiger partial charge in [0.25, 0.3) is 0 Å². The Hall–Kier alpha value is -2.05. The van der Waals surface area contributed by atoms with E-state index >= 15 is 0 Å². The Morgan fingerprint density at radius 1 is 1.07 bits per heavy atom. The molecule has 146 valence electrons. The molecular formula is C20H25ClN2O3S. The normalized spacial score (nSPS) is 12.5. The molecule has 7 heteroatoms. The third kappa shape index (κ3) is 5.47. The largest absolute Gasteiger partial charge is 0.348 e. The molecule has 0 spiro atoms. The monoisotopic (exact) mass is 408 g/mol. The van der Waals surface area contributed by atoms with Gasteiger partial charge < -0.3 is 5.32 Å². The van der Waals surface area contributed by atoms with E-state index in [1.54, 1.807) is 18.2 Å². The summed E-state index contributed by atoms with van der Waals surface area (Å²) >= 11 is 6.11. The Morgan fingerprint density at radius 2 is 1.70 bits per heavy atom. The molecule has 27 heavy (non-hydrogen) atoms. The van der Waals surface area contributed by atoms with Gasteiger partial charge in [-0.25, -0.2) is 8.42 Å². The number of nitrogens with zero attached hydrogens (tertiary/aromatic N) is 1. The molecule has 0 saturated heterocycles. The number of hydrogen-bond acceptors (Lipinski definition) is 3. The van der Waals surface area contributed by atoms with Gasteiger partial charge in [0.15, 0.2) is 0 Å². The highest BCUT2D eigenvalue weighted by Gasteiger charge is 2.22. The van der Waals surface area contributed by atoms with Gasteiger partial charge in [-0.3, -0.25) is 9.10 Å². The molecule has 0 saturated carbocycles. The summed E-state index contributed by atoms with van der Waals surface area (Å²) in [5, 5.41) is 3.31. The fourth-order valence-electron chi connectivity index (χ4n) is 2.67. The zero-order chi connectivity index (χ0) is 20.4. The lowest BCUT2D eigenvalue weighted by Gasteiger charge is -2.24. The van der Waals surface area contributed by atoms with E-state index in [2.05, 4.69) is 5.32 Å². The predicted molar refractivity (Wildman–Crippen MR) is 111 cm³/mol. The first kappa shape index (κ1) is 21.3. The average Bonchev–Trinajstić information content (AvgIpc) is 2.56. The maximum absolute atomic E-state index is 12.5. The summed E-state index contributed by atoms with van der Waals surface area (Å²) in [6.07, 6.45) is 1.07. The molecule has 0 bridgehead atoms. The SMILES string of the molecule is Cc1ccc([C@H](C)NC(=O)CN(c2ccc(C)c(Cl)c2)S(C)(=O)=O)cc1C. The number of halogens is 1. The maximum Gasteiger partial charge on any atom is 0.241 e. The van der Waals surface area contributed by atoms with E-state index in [9.17, 15) is 13.2 Å². The summed E-state index contributed by atoms with van der Waals surface area (Å²) in [4.78, 5) is 12.5. The van der Waals surface area contributed by atoms with Gasteiger partial charge >= 0.3 is 0 Å². The maximum atomic E-state index is 12.5. The lowest BCUT2D eigenvalue weighted by molar-refractivity contribution is -0.120. The van der Waals surface area contributed by atoms with Crippen LogP contribution in [0.1, 0.15) is 35.2 Å². The number of carbonyl (C=O) groups is 1. The van der Waals surface area contributed by atoms with Gasteiger partial charge in [-0.1, -0.05) is 35.9 Å². The fourth-order valence-corrected chi connectivity index (χ4v) is 3.69. The zero-order valence-corrected chi connectivity index (χ0v) is 17.8. The Labute approximate surface area is 166 Å². The molecule has 2 aromatic carbocycles. The molecule has 1 amide bonds. The smallest absolute Gasteiger partial charge is 0.241 e. The Kier molecular flexibility index (Phi) is 6.54. The van der Waals surface area contributed by atoms with E-state index in [1.165, 1.54) is 5.56 Å². The van der Waals surface area contributed by atoms with Gasteiger partial charge in [0.2, 0.25) is 15.9 Å². The van der Waals surface area contributed by atoms with Crippen LogP contribution in [0.3, 0.4) is 0 Å². The van der Waals surface area contributed by atoms with E-state index in [1.807, 2.05) is 45.9 Å². The van der Waals surface area contributed by atoms with Gasteiger partial charge in [0, 0.05) is 5.02 Å². The summed E-state index contributed by atoms with van der Waals surface area (Å²) < 4.78 is 25.5. The van der Waals surface area contributed by atoms with Crippen LogP contribution in [0.2, 0.25) is 5.02 Å². The van der Waals surface area contributed by atoms with Crippen LogP contribution in [0, 0.1) is 20.8 Å². The second-order valence-corrected chi connectivity index (χ2v) is 9.15. The van der Waals surface area contributed by atoms with Gasteiger partial charge in [-0.15, -0.1) is 0 Å². The minimum absolute atomic E-state index is 0.236. The van der Waals surface area contributed by atoms with Crippen LogP contribution < -0.4 is 9.62 Å². The molecule has 0 fully saturated rings. The molecule has 0 heterocycles. The summed E-state index contributed by atoms with van der Waals surface area (Å²) in [6, 6.07) is 10.7. The van der Waals surface area contributed by atoms with Crippen LogP contribution in [0.25, 0.3) is 0 Å². The molecule has 0 aromatic heterocycles. The number of rotatable bonds is 6. The van der Waals surface area contributed by atoms with Crippen molar-refractivity contribution in [2.24, 2.45) is 0 Å². The van der Waals surface area contributed by atoms with E-state index < -0.39 is 10.0 Å². The number of amides is 1. The van der Waals surface area contributed by atoms with Crippen molar-refractivity contribution in [2.75, 3.05) is 17.1 Å². The number of benzene rings is 2. The molecule has 2 aromatic rings. The van der Waals surface area contributed by atoms with Gasteiger partial charge in [0.1, 0.15) is 6.54 Å². The highest BCUT2D eigenvalue weighted by Crippen LogP contribution is 2.25. The third-order valence-electron chi connectivity index (χ3n) is 4.54. The topological polar surface area (TPSA) is 66.5 Å². The molecule has 0 radical (unpaired) electrons. The highest BCUT2D eigenvalue weighted by atomic mass is 35.5. The molecule has 2 rings (SSSR count). The predicted octanol–water partition coefficient (Wildman–Crippen LogP) is 3.91. The molecule has 0 unspecified atom stereocenters. The minimum atomic E-state index is -3.64. The lowest BCUT2D eigenvalue weighted by Crippen LogP contribution is -2.41. The highest BCUT2D eigenvalue weighted by molar-refractivity contribution is 7.92. The van der Waals surface area contributed by atoms with E-state index in [4.69, 9.17) is 11.6 Å². The molecule has 0 aliphatic carbocycles.